The molecule has 9 heavy (non-hydrogen) atoms. The van der Waals surface area contributed by atoms with Crippen LogP contribution in [0.15, 0.2) is 0 Å². The van der Waals surface area contributed by atoms with Gasteiger partial charge in [0.25, 0.3) is 0 Å². The summed E-state index contributed by atoms with van der Waals surface area (Å²) in [5, 5.41) is 19.0. The van der Waals surface area contributed by atoms with Crippen molar-refractivity contribution in [2.24, 2.45) is 0 Å². The van der Waals surface area contributed by atoms with Crippen LogP contribution in [0.1, 0.15) is 19.8 Å². The molecule has 0 aromatic rings. The van der Waals surface area contributed by atoms with E-state index in [0.717, 1.165) is 12.8 Å². The number of thiocyanates is 1. The summed E-state index contributed by atoms with van der Waals surface area (Å²) in [4.78, 5) is 0. The second kappa shape index (κ2) is 5.93. The molecule has 52 valence electrons. The first-order chi connectivity index (χ1) is 4.31. The number of aliphatic hydroxyl groups is 1. The number of hydrogen-bond donors (Lipinski definition) is 1. The number of nitriles is 1. The molecule has 0 radical (unpaired) electrons. The standard InChI is InChI=1S/C6H11NOS/c1-6(9-5-7)3-2-4-8/h6,8H,2-4H2,1H3. The van der Waals surface area contributed by atoms with Crippen LogP contribution in [0, 0.1) is 10.7 Å². The predicted molar refractivity (Wildman–Crippen MR) is 39.0 cm³/mol. The van der Waals surface area contributed by atoms with Crippen LogP contribution in [0.2, 0.25) is 0 Å². The van der Waals surface area contributed by atoms with Crippen LogP contribution >= 0.6 is 11.8 Å². The largest absolute Gasteiger partial charge is 0.396 e. The molecule has 0 spiro atoms. The Morgan fingerprint density at radius 2 is 2.44 bits per heavy atom. The molecule has 0 saturated heterocycles. The van der Waals surface area contributed by atoms with E-state index in [0.29, 0.717) is 5.25 Å². The van der Waals surface area contributed by atoms with Crippen molar-refractivity contribution in [3.8, 4) is 5.40 Å². The molecule has 0 aliphatic heterocycles. The molecule has 0 aliphatic rings. The monoisotopic (exact) mass is 145 g/mol. The van der Waals surface area contributed by atoms with E-state index < -0.39 is 0 Å². The van der Waals surface area contributed by atoms with Crippen LogP contribution in [0.25, 0.3) is 0 Å². The van der Waals surface area contributed by atoms with Crippen LogP contribution in [-0.2, 0) is 0 Å². The summed E-state index contributed by atoms with van der Waals surface area (Å²) in [5.41, 5.74) is 0. The summed E-state index contributed by atoms with van der Waals surface area (Å²) >= 11 is 1.27. The zero-order chi connectivity index (χ0) is 7.11. The number of hydrogen-bond acceptors (Lipinski definition) is 3. The predicted octanol–water partition coefficient (Wildman–Crippen LogP) is 1.36. The minimum absolute atomic E-state index is 0.232. The van der Waals surface area contributed by atoms with Crippen molar-refractivity contribution >= 4 is 11.8 Å². The van der Waals surface area contributed by atoms with Gasteiger partial charge in [-0.25, -0.2) is 0 Å². The maximum absolute atomic E-state index is 8.39. The molecule has 1 unspecified atom stereocenters. The summed E-state index contributed by atoms with van der Waals surface area (Å²) in [6.07, 6.45) is 1.73. The molecule has 3 heteroatoms. The summed E-state index contributed by atoms with van der Waals surface area (Å²) < 4.78 is 0. The lowest BCUT2D eigenvalue weighted by atomic mass is 10.3. The third kappa shape index (κ3) is 5.67. The van der Waals surface area contributed by atoms with Crippen molar-refractivity contribution in [3.63, 3.8) is 0 Å². The Morgan fingerprint density at radius 1 is 1.78 bits per heavy atom. The lowest BCUT2D eigenvalue weighted by Gasteiger charge is -2.01. The van der Waals surface area contributed by atoms with Crippen molar-refractivity contribution in [1.29, 1.82) is 5.26 Å². The molecule has 1 N–H and O–H groups in total. The van der Waals surface area contributed by atoms with E-state index in [-0.39, 0.29) is 6.61 Å². The number of nitrogens with zero attached hydrogens (tertiary/aromatic N) is 1. The Labute approximate surface area is 59.9 Å². The minimum atomic E-state index is 0.232. The summed E-state index contributed by atoms with van der Waals surface area (Å²) in [7, 11) is 0. The van der Waals surface area contributed by atoms with E-state index in [2.05, 4.69) is 0 Å². The van der Waals surface area contributed by atoms with Crippen molar-refractivity contribution in [2.75, 3.05) is 6.61 Å². The molecule has 1 atom stereocenters. The highest BCUT2D eigenvalue weighted by atomic mass is 32.2. The van der Waals surface area contributed by atoms with Crippen LogP contribution in [0.5, 0.6) is 0 Å². The van der Waals surface area contributed by atoms with Crippen LogP contribution in [-0.4, -0.2) is 17.0 Å². The molecule has 0 fully saturated rings. The molecule has 0 heterocycles. The summed E-state index contributed by atoms with van der Waals surface area (Å²) in [5.74, 6) is 0. The van der Waals surface area contributed by atoms with Gasteiger partial charge in [0.1, 0.15) is 5.40 Å². The number of aliphatic hydroxyl groups excluding tert-OH is 1. The molecule has 0 aliphatic carbocycles. The lowest BCUT2D eigenvalue weighted by molar-refractivity contribution is 0.285. The first-order valence-corrected chi connectivity index (χ1v) is 3.84. The van der Waals surface area contributed by atoms with E-state index in [9.17, 15) is 0 Å². The van der Waals surface area contributed by atoms with E-state index in [1.807, 2.05) is 12.3 Å². The Bertz CT molecular complexity index is 99.7. The maximum Gasteiger partial charge on any atom is 0.133 e. The van der Waals surface area contributed by atoms with Crippen molar-refractivity contribution in [2.45, 2.75) is 25.0 Å². The zero-order valence-electron chi connectivity index (χ0n) is 5.50. The quantitative estimate of drug-likeness (QED) is 0.607. The smallest absolute Gasteiger partial charge is 0.133 e. The lowest BCUT2D eigenvalue weighted by Crippen LogP contribution is -1.95. The third-order valence-electron chi connectivity index (χ3n) is 1.02. The van der Waals surface area contributed by atoms with Gasteiger partial charge in [-0.2, -0.15) is 5.26 Å². The van der Waals surface area contributed by atoms with E-state index >= 15 is 0 Å². The van der Waals surface area contributed by atoms with Gasteiger partial charge in [0.05, 0.1) is 0 Å². The fourth-order valence-corrected chi connectivity index (χ4v) is 0.992. The Balaban J connectivity index is 3.08. The van der Waals surface area contributed by atoms with Gasteiger partial charge in [0.2, 0.25) is 0 Å². The summed E-state index contributed by atoms with van der Waals surface area (Å²) in [6.45, 7) is 2.22. The molecule has 2 nitrogen and oxygen atoms in total. The summed E-state index contributed by atoms with van der Waals surface area (Å²) in [6, 6.07) is 0. The normalized spacial score (nSPS) is 12.6. The molecule has 0 saturated carbocycles. The van der Waals surface area contributed by atoms with Gasteiger partial charge in [0, 0.05) is 11.9 Å². The van der Waals surface area contributed by atoms with Crippen molar-refractivity contribution in [1.82, 2.24) is 0 Å². The average Bonchev–Trinajstić information content (AvgIpc) is 1.85. The number of rotatable bonds is 4. The van der Waals surface area contributed by atoms with E-state index in [4.69, 9.17) is 10.4 Å². The molecule has 0 bridgehead atoms. The fraction of sp³-hybridized carbons (Fsp3) is 0.833. The highest BCUT2D eigenvalue weighted by Crippen LogP contribution is 2.12. The average molecular weight is 145 g/mol. The van der Waals surface area contributed by atoms with Gasteiger partial charge in [0.15, 0.2) is 0 Å². The second-order valence-electron chi connectivity index (χ2n) is 1.89. The second-order valence-corrected chi connectivity index (χ2v) is 3.11. The van der Waals surface area contributed by atoms with Gasteiger partial charge in [-0.05, 0) is 24.6 Å². The van der Waals surface area contributed by atoms with Gasteiger partial charge in [-0.1, -0.05) is 6.92 Å². The molecule has 0 aromatic carbocycles. The van der Waals surface area contributed by atoms with Crippen LogP contribution < -0.4 is 0 Å². The van der Waals surface area contributed by atoms with Gasteiger partial charge < -0.3 is 5.11 Å². The van der Waals surface area contributed by atoms with Crippen molar-refractivity contribution < 1.29 is 5.11 Å². The first-order valence-electron chi connectivity index (χ1n) is 2.97. The first kappa shape index (κ1) is 8.80. The Hall–Kier alpha value is -0.200. The highest BCUT2D eigenvalue weighted by molar-refractivity contribution is 8.04. The van der Waals surface area contributed by atoms with Crippen LogP contribution in [0.3, 0.4) is 0 Å². The molecular weight excluding hydrogens is 134 g/mol. The van der Waals surface area contributed by atoms with Crippen LogP contribution in [0.4, 0.5) is 0 Å². The number of thioether (sulfide) groups is 1. The topological polar surface area (TPSA) is 44.0 Å². The Morgan fingerprint density at radius 3 is 2.89 bits per heavy atom. The van der Waals surface area contributed by atoms with Crippen molar-refractivity contribution in [3.05, 3.63) is 0 Å². The van der Waals surface area contributed by atoms with Gasteiger partial charge >= 0.3 is 0 Å². The fourth-order valence-electron chi connectivity index (χ4n) is 0.528. The molecule has 0 rings (SSSR count). The highest BCUT2D eigenvalue weighted by Gasteiger charge is 1.99. The minimum Gasteiger partial charge on any atom is -0.396 e. The SMILES string of the molecule is CC(CCCO)SC#N. The molecule has 0 amide bonds. The third-order valence-corrected chi connectivity index (χ3v) is 1.77. The van der Waals surface area contributed by atoms with E-state index in [1.165, 1.54) is 11.8 Å². The molecule has 0 aromatic heterocycles. The maximum atomic E-state index is 8.39. The molecular formula is C6H11NOS. The van der Waals surface area contributed by atoms with Gasteiger partial charge in [-0.15, -0.1) is 0 Å². The zero-order valence-corrected chi connectivity index (χ0v) is 6.32. The Kier molecular flexibility index (Phi) is 5.80. The van der Waals surface area contributed by atoms with E-state index in [1.54, 1.807) is 0 Å². The van der Waals surface area contributed by atoms with Gasteiger partial charge in [-0.3, -0.25) is 0 Å².